The lowest BCUT2D eigenvalue weighted by atomic mass is 10.1. The molecule has 2 N–H and O–H groups in total. The van der Waals surface area contributed by atoms with Gasteiger partial charge in [-0.1, -0.05) is 10.6 Å². The zero-order valence-electron chi connectivity index (χ0n) is 12.9. The van der Waals surface area contributed by atoms with Crippen LogP contribution in [0.2, 0.25) is 0 Å². The van der Waals surface area contributed by atoms with Crippen molar-refractivity contribution in [1.29, 1.82) is 0 Å². The molecule has 1 saturated heterocycles. The van der Waals surface area contributed by atoms with Crippen LogP contribution >= 0.6 is 11.5 Å². The molecule has 3 rings (SSSR count). The normalized spacial score (nSPS) is 18.0. The summed E-state index contributed by atoms with van der Waals surface area (Å²) in [6.07, 6.45) is 3.18. The number of pyridine rings is 1. The van der Waals surface area contributed by atoms with Gasteiger partial charge < -0.3 is 15.3 Å². The van der Waals surface area contributed by atoms with E-state index in [1.807, 2.05) is 12.1 Å². The number of β-amino-alcohol motifs (C(OH)–C–C–N with tert-alkyl or cyclic N) is 1. The first kappa shape index (κ1) is 15.8. The summed E-state index contributed by atoms with van der Waals surface area (Å²) in [5, 5.41) is 16.6. The Bertz CT molecular complexity index is 690. The summed E-state index contributed by atoms with van der Waals surface area (Å²) in [4.78, 5) is 19.2. The van der Waals surface area contributed by atoms with Crippen molar-refractivity contribution in [3.63, 3.8) is 0 Å². The lowest BCUT2D eigenvalue weighted by Gasteiger charge is -2.32. The number of carbonyl (C=O) groups is 1. The molecule has 1 aliphatic rings. The topological polar surface area (TPSA) is 91.2 Å². The quantitative estimate of drug-likeness (QED) is 0.872. The minimum absolute atomic E-state index is 0.175. The number of rotatable bonds is 4. The first-order valence-corrected chi connectivity index (χ1v) is 8.36. The third kappa shape index (κ3) is 3.65. The van der Waals surface area contributed by atoms with Crippen LogP contribution < -0.4 is 10.2 Å². The number of carbonyl (C=O) groups excluding carboxylic acids is 1. The summed E-state index contributed by atoms with van der Waals surface area (Å²) in [6, 6.07) is 3.80. The van der Waals surface area contributed by atoms with Gasteiger partial charge in [-0.05, 0) is 37.4 Å². The van der Waals surface area contributed by atoms with Crippen LogP contribution in [0.15, 0.2) is 18.3 Å². The van der Waals surface area contributed by atoms with Crippen LogP contribution in [0, 0.1) is 6.92 Å². The van der Waals surface area contributed by atoms with E-state index in [0.717, 1.165) is 42.3 Å². The molecule has 23 heavy (non-hydrogen) atoms. The Hall–Kier alpha value is -2.06. The molecule has 7 nitrogen and oxygen atoms in total. The summed E-state index contributed by atoms with van der Waals surface area (Å²) in [5.74, 6) is 0.650. The Balaban J connectivity index is 1.71. The highest BCUT2D eigenvalue weighted by atomic mass is 32.1. The van der Waals surface area contributed by atoms with Crippen molar-refractivity contribution in [2.24, 2.45) is 0 Å². The van der Waals surface area contributed by atoms with Crippen molar-refractivity contribution in [1.82, 2.24) is 19.9 Å². The average molecular weight is 333 g/mol. The predicted molar refractivity (Wildman–Crippen MR) is 87.5 cm³/mol. The molecule has 0 aliphatic carbocycles. The average Bonchev–Trinajstić information content (AvgIpc) is 2.99. The summed E-state index contributed by atoms with van der Waals surface area (Å²) in [5.41, 5.74) is 1.57. The fourth-order valence-electron chi connectivity index (χ4n) is 2.70. The maximum Gasteiger partial charge on any atom is 0.265 e. The van der Waals surface area contributed by atoms with Crippen molar-refractivity contribution in [3.05, 3.63) is 34.5 Å². The van der Waals surface area contributed by atoms with Crippen molar-refractivity contribution in [3.8, 4) is 0 Å². The van der Waals surface area contributed by atoms with Gasteiger partial charge in [0.25, 0.3) is 5.91 Å². The van der Waals surface area contributed by atoms with Crippen LogP contribution in [0.1, 0.15) is 33.8 Å². The molecule has 1 aliphatic heterocycles. The van der Waals surface area contributed by atoms with Crippen LogP contribution in [0.25, 0.3) is 0 Å². The van der Waals surface area contributed by atoms with E-state index < -0.39 is 0 Å². The van der Waals surface area contributed by atoms with Gasteiger partial charge in [-0.3, -0.25) is 4.79 Å². The van der Waals surface area contributed by atoms with Gasteiger partial charge in [-0.2, -0.15) is 0 Å². The Morgan fingerprint density at radius 1 is 1.57 bits per heavy atom. The zero-order valence-corrected chi connectivity index (χ0v) is 13.7. The molecule has 0 aromatic carbocycles. The molecule has 1 atom stereocenters. The van der Waals surface area contributed by atoms with E-state index >= 15 is 0 Å². The number of hydrogen-bond acceptors (Lipinski definition) is 7. The molecular weight excluding hydrogens is 314 g/mol. The van der Waals surface area contributed by atoms with E-state index in [0.29, 0.717) is 23.7 Å². The van der Waals surface area contributed by atoms with E-state index in [9.17, 15) is 9.90 Å². The van der Waals surface area contributed by atoms with Crippen molar-refractivity contribution < 1.29 is 9.90 Å². The van der Waals surface area contributed by atoms with Gasteiger partial charge in [-0.25, -0.2) is 4.98 Å². The molecule has 1 fully saturated rings. The first-order chi connectivity index (χ1) is 11.1. The van der Waals surface area contributed by atoms with E-state index in [1.54, 1.807) is 13.1 Å². The smallest absolute Gasteiger partial charge is 0.265 e. The maximum atomic E-state index is 12.2. The number of hydrogen-bond donors (Lipinski definition) is 2. The van der Waals surface area contributed by atoms with Crippen LogP contribution in [-0.4, -0.2) is 44.8 Å². The number of aromatic nitrogens is 3. The number of amides is 1. The highest BCUT2D eigenvalue weighted by Crippen LogP contribution is 2.22. The van der Waals surface area contributed by atoms with E-state index in [-0.39, 0.29) is 12.0 Å². The minimum Gasteiger partial charge on any atom is -0.391 e. The minimum atomic E-state index is -0.320. The van der Waals surface area contributed by atoms with Crippen LogP contribution in [0.3, 0.4) is 0 Å². The molecule has 1 amide bonds. The molecule has 0 radical (unpaired) electrons. The van der Waals surface area contributed by atoms with Crippen LogP contribution in [0.5, 0.6) is 0 Å². The molecule has 1 unspecified atom stereocenters. The number of piperidine rings is 1. The van der Waals surface area contributed by atoms with E-state index in [2.05, 4.69) is 24.8 Å². The molecule has 3 heterocycles. The second-order valence-electron chi connectivity index (χ2n) is 5.60. The molecule has 2 aromatic heterocycles. The van der Waals surface area contributed by atoms with Gasteiger partial charge in [0, 0.05) is 31.4 Å². The maximum absolute atomic E-state index is 12.2. The second-order valence-corrected chi connectivity index (χ2v) is 6.35. The number of aliphatic hydroxyl groups excluding tert-OH is 1. The molecule has 2 aromatic rings. The van der Waals surface area contributed by atoms with Gasteiger partial charge in [0.15, 0.2) is 0 Å². The van der Waals surface area contributed by atoms with Gasteiger partial charge in [-0.15, -0.1) is 5.10 Å². The Labute approximate surface area is 138 Å². The third-order valence-electron chi connectivity index (χ3n) is 3.86. The number of nitrogens with one attached hydrogen (secondary N) is 1. The van der Waals surface area contributed by atoms with Crippen LogP contribution in [0.4, 0.5) is 5.82 Å². The third-order valence-corrected chi connectivity index (χ3v) is 4.69. The monoisotopic (exact) mass is 333 g/mol. The lowest BCUT2D eigenvalue weighted by Crippen LogP contribution is -2.39. The summed E-state index contributed by atoms with van der Waals surface area (Å²) < 4.78 is 3.78. The van der Waals surface area contributed by atoms with Gasteiger partial charge in [0.05, 0.1) is 11.8 Å². The Kier molecular flexibility index (Phi) is 4.82. The van der Waals surface area contributed by atoms with E-state index in [1.165, 1.54) is 0 Å². The number of nitrogens with zero attached hydrogens (tertiary/aromatic N) is 4. The number of aliphatic hydroxyl groups is 1. The Morgan fingerprint density at radius 2 is 2.43 bits per heavy atom. The van der Waals surface area contributed by atoms with Crippen molar-refractivity contribution >= 4 is 23.3 Å². The van der Waals surface area contributed by atoms with Crippen molar-refractivity contribution in [2.75, 3.05) is 18.0 Å². The summed E-state index contributed by atoms with van der Waals surface area (Å²) >= 11 is 1.09. The summed E-state index contributed by atoms with van der Waals surface area (Å²) in [6.45, 7) is 3.59. The molecule has 122 valence electrons. The predicted octanol–water partition coefficient (Wildman–Crippen LogP) is 1.13. The molecular formula is C15H19N5O2S. The van der Waals surface area contributed by atoms with Crippen molar-refractivity contribution in [2.45, 2.75) is 32.4 Å². The fourth-order valence-corrected chi connectivity index (χ4v) is 3.27. The number of aryl methyl sites for hydroxylation is 1. The van der Waals surface area contributed by atoms with Gasteiger partial charge >= 0.3 is 0 Å². The lowest BCUT2D eigenvalue weighted by molar-refractivity contribution is 0.0954. The fraction of sp³-hybridized carbons (Fsp3) is 0.467. The molecule has 0 bridgehead atoms. The standard InChI is InChI=1S/C15H19N5O2S/c1-10-13(23-19-18-10)15(22)17-8-11-4-2-6-16-14(11)20-7-3-5-12(21)9-20/h2,4,6,12,21H,3,5,7-9H2,1H3,(H,17,22). The highest BCUT2D eigenvalue weighted by Gasteiger charge is 2.21. The second kappa shape index (κ2) is 7.01. The number of anilines is 1. The highest BCUT2D eigenvalue weighted by molar-refractivity contribution is 7.07. The molecule has 0 saturated carbocycles. The summed E-state index contributed by atoms with van der Waals surface area (Å²) in [7, 11) is 0. The first-order valence-electron chi connectivity index (χ1n) is 7.59. The largest absolute Gasteiger partial charge is 0.391 e. The Morgan fingerprint density at radius 3 is 3.17 bits per heavy atom. The van der Waals surface area contributed by atoms with Crippen LogP contribution in [-0.2, 0) is 6.54 Å². The SMILES string of the molecule is Cc1nnsc1C(=O)NCc1cccnc1N1CCCC(O)C1. The van der Waals surface area contributed by atoms with E-state index in [4.69, 9.17) is 0 Å². The van der Waals surface area contributed by atoms with Gasteiger partial charge in [0.1, 0.15) is 10.7 Å². The van der Waals surface area contributed by atoms with Gasteiger partial charge in [0.2, 0.25) is 0 Å². The molecule has 8 heteroatoms. The molecule has 0 spiro atoms. The zero-order chi connectivity index (χ0) is 16.2.